The van der Waals surface area contributed by atoms with Crippen molar-refractivity contribution in [2.24, 2.45) is 0 Å². The van der Waals surface area contributed by atoms with Gasteiger partial charge in [0.15, 0.2) is 0 Å². The Balaban J connectivity index is 2.62. The minimum atomic E-state index is -0.433. The second-order valence-electron chi connectivity index (χ2n) is 4.99. The highest BCUT2D eigenvalue weighted by atomic mass is 16.5. The third kappa shape index (κ3) is 5.95. The molecule has 0 unspecified atom stereocenters. The third-order valence-electron chi connectivity index (χ3n) is 3.18. The van der Waals surface area contributed by atoms with Crippen LogP contribution in [0.1, 0.15) is 43.5 Å². The number of carbonyl (C=O) groups is 3. The fourth-order valence-electron chi connectivity index (χ4n) is 1.69. The molecule has 0 aliphatic rings. The minimum Gasteiger partial charge on any atom is -0.469 e. The smallest absolute Gasteiger partial charge is 0.306 e. The van der Waals surface area contributed by atoms with E-state index in [9.17, 15) is 14.4 Å². The van der Waals surface area contributed by atoms with E-state index < -0.39 is 5.97 Å². The number of ether oxygens (including phenoxy) is 1. The summed E-state index contributed by atoms with van der Waals surface area (Å²) in [5.41, 5.74) is 0.998. The van der Waals surface area contributed by atoms with Crippen molar-refractivity contribution in [3.05, 3.63) is 29.8 Å². The maximum Gasteiger partial charge on any atom is 0.306 e. The molecule has 0 saturated heterocycles. The van der Waals surface area contributed by atoms with Gasteiger partial charge >= 0.3 is 5.97 Å². The number of hydrogen-bond acceptors (Lipinski definition) is 4. The first-order valence-corrected chi connectivity index (χ1v) is 7.23. The molecular weight excluding hydrogens is 284 g/mol. The van der Waals surface area contributed by atoms with E-state index in [0.717, 1.165) is 6.42 Å². The summed E-state index contributed by atoms with van der Waals surface area (Å²) in [7, 11) is 1.28. The predicted molar refractivity (Wildman–Crippen MR) is 83.5 cm³/mol. The first kappa shape index (κ1) is 17.7. The van der Waals surface area contributed by atoms with Gasteiger partial charge in [0.1, 0.15) is 0 Å². The van der Waals surface area contributed by atoms with Crippen LogP contribution in [0.3, 0.4) is 0 Å². The lowest BCUT2D eigenvalue weighted by Gasteiger charge is -2.12. The molecule has 6 heteroatoms. The van der Waals surface area contributed by atoms with Crippen LogP contribution < -0.4 is 10.6 Å². The molecule has 1 rings (SSSR count). The number of amides is 2. The molecule has 22 heavy (non-hydrogen) atoms. The molecule has 2 amide bonds. The molecule has 1 aromatic carbocycles. The van der Waals surface area contributed by atoms with Crippen molar-refractivity contribution in [1.82, 2.24) is 5.32 Å². The molecule has 1 atom stereocenters. The molecule has 1 aromatic rings. The number of nitrogens with one attached hydrogen (secondary N) is 2. The Morgan fingerprint density at radius 1 is 1.23 bits per heavy atom. The van der Waals surface area contributed by atoms with Gasteiger partial charge in [0, 0.05) is 23.7 Å². The fraction of sp³-hybridized carbons (Fsp3) is 0.438. The number of rotatable bonds is 7. The Bertz CT molecular complexity index is 543. The summed E-state index contributed by atoms with van der Waals surface area (Å²) in [4.78, 5) is 34.7. The molecule has 6 nitrogen and oxygen atoms in total. The van der Waals surface area contributed by atoms with Crippen LogP contribution in [0.5, 0.6) is 0 Å². The Morgan fingerprint density at radius 3 is 2.59 bits per heavy atom. The largest absolute Gasteiger partial charge is 0.469 e. The van der Waals surface area contributed by atoms with E-state index in [0.29, 0.717) is 11.3 Å². The number of esters is 1. The molecule has 0 fully saturated rings. The van der Waals surface area contributed by atoms with E-state index in [2.05, 4.69) is 15.4 Å². The highest BCUT2D eigenvalue weighted by Gasteiger charge is 2.11. The second-order valence-corrected chi connectivity index (χ2v) is 4.99. The van der Waals surface area contributed by atoms with Crippen LogP contribution in [0.2, 0.25) is 0 Å². The molecule has 0 heterocycles. The Labute approximate surface area is 130 Å². The van der Waals surface area contributed by atoms with Crippen molar-refractivity contribution in [3.63, 3.8) is 0 Å². The highest BCUT2D eigenvalue weighted by Crippen LogP contribution is 2.12. The van der Waals surface area contributed by atoms with Gasteiger partial charge in [-0.05, 0) is 31.5 Å². The number of carbonyl (C=O) groups excluding carboxylic acids is 3. The van der Waals surface area contributed by atoms with Crippen molar-refractivity contribution < 1.29 is 19.1 Å². The van der Waals surface area contributed by atoms with Gasteiger partial charge in [-0.25, -0.2) is 0 Å². The lowest BCUT2D eigenvalue weighted by Crippen LogP contribution is -2.31. The van der Waals surface area contributed by atoms with Crippen molar-refractivity contribution in [1.29, 1.82) is 0 Å². The monoisotopic (exact) mass is 306 g/mol. The SMILES string of the molecule is CC[C@@H](C)NC(=O)c1cccc(NC(=O)CCC(=O)OC)c1. The minimum absolute atomic E-state index is 0.0243. The second kappa shape index (κ2) is 8.81. The number of anilines is 1. The van der Waals surface area contributed by atoms with Gasteiger partial charge in [-0.15, -0.1) is 0 Å². The van der Waals surface area contributed by atoms with Crippen LogP contribution in [0.25, 0.3) is 0 Å². The molecule has 0 aromatic heterocycles. The van der Waals surface area contributed by atoms with Crippen molar-refractivity contribution >= 4 is 23.5 Å². The molecule has 2 N–H and O–H groups in total. The van der Waals surface area contributed by atoms with Gasteiger partial charge in [0.25, 0.3) is 5.91 Å². The highest BCUT2D eigenvalue weighted by molar-refractivity contribution is 5.97. The summed E-state index contributed by atoms with van der Waals surface area (Å²) in [5, 5.41) is 5.52. The van der Waals surface area contributed by atoms with Crippen molar-refractivity contribution in [2.45, 2.75) is 39.2 Å². The summed E-state index contributed by atoms with van der Waals surface area (Å²) >= 11 is 0. The van der Waals surface area contributed by atoms with E-state index in [1.807, 2.05) is 13.8 Å². The van der Waals surface area contributed by atoms with Crippen molar-refractivity contribution in [2.75, 3.05) is 12.4 Å². The summed E-state index contributed by atoms with van der Waals surface area (Å²) in [5.74, 6) is -0.915. The zero-order valence-corrected chi connectivity index (χ0v) is 13.1. The van der Waals surface area contributed by atoms with Gasteiger partial charge in [-0.1, -0.05) is 13.0 Å². The molecule has 120 valence electrons. The van der Waals surface area contributed by atoms with Gasteiger partial charge in [0.2, 0.25) is 5.91 Å². The normalized spacial score (nSPS) is 11.4. The van der Waals surface area contributed by atoms with E-state index in [1.54, 1.807) is 24.3 Å². The summed E-state index contributed by atoms with van der Waals surface area (Å²) in [6.07, 6.45) is 0.905. The average Bonchev–Trinajstić information content (AvgIpc) is 2.52. The molecular formula is C16H22N2O4. The summed E-state index contributed by atoms with van der Waals surface area (Å²) in [6.45, 7) is 3.92. The zero-order valence-electron chi connectivity index (χ0n) is 13.1. The topological polar surface area (TPSA) is 84.5 Å². The Kier molecular flexibility index (Phi) is 7.08. The standard InChI is InChI=1S/C16H22N2O4/c1-4-11(2)17-16(21)12-6-5-7-13(10-12)18-14(19)8-9-15(20)22-3/h5-7,10-11H,4,8-9H2,1-3H3,(H,17,21)(H,18,19)/t11-/m1/s1. The van der Waals surface area contributed by atoms with Crippen LogP contribution in [0.4, 0.5) is 5.69 Å². The van der Waals surface area contributed by atoms with Gasteiger partial charge in [0.05, 0.1) is 13.5 Å². The van der Waals surface area contributed by atoms with E-state index in [4.69, 9.17) is 0 Å². The van der Waals surface area contributed by atoms with E-state index in [-0.39, 0.29) is 30.7 Å². The fourth-order valence-corrected chi connectivity index (χ4v) is 1.69. The molecule has 0 aliphatic heterocycles. The molecule has 0 aliphatic carbocycles. The number of methoxy groups -OCH3 is 1. The number of benzene rings is 1. The van der Waals surface area contributed by atoms with Crippen LogP contribution in [-0.4, -0.2) is 30.9 Å². The summed E-state index contributed by atoms with van der Waals surface area (Å²) in [6, 6.07) is 6.76. The van der Waals surface area contributed by atoms with E-state index >= 15 is 0 Å². The van der Waals surface area contributed by atoms with Crippen molar-refractivity contribution in [3.8, 4) is 0 Å². The Hall–Kier alpha value is -2.37. The zero-order chi connectivity index (χ0) is 16.5. The van der Waals surface area contributed by atoms with Crippen LogP contribution in [0, 0.1) is 0 Å². The van der Waals surface area contributed by atoms with Crippen LogP contribution in [0.15, 0.2) is 24.3 Å². The lowest BCUT2D eigenvalue weighted by molar-refractivity contribution is -0.141. The van der Waals surface area contributed by atoms with Crippen LogP contribution in [-0.2, 0) is 14.3 Å². The maximum atomic E-state index is 12.0. The Morgan fingerprint density at radius 2 is 1.95 bits per heavy atom. The van der Waals surface area contributed by atoms with Gasteiger partial charge in [-0.3, -0.25) is 14.4 Å². The third-order valence-corrected chi connectivity index (χ3v) is 3.18. The van der Waals surface area contributed by atoms with Gasteiger partial charge < -0.3 is 15.4 Å². The quantitative estimate of drug-likeness (QED) is 0.756. The molecule has 0 bridgehead atoms. The maximum absolute atomic E-state index is 12.0. The van der Waals surface area contributed by atoms with Gasteiger partial charge in [-0.2, -0.15) is 0 Å². The average molecular weight is 306 g/mol. The first-order chi connectivity index (χ1) is 10.5. The lowest BCUT2D eigenvalue weighted by atomic mass is 10.1. The molecule has 0 saturated carbocycles. The molecule has 0 radical (unpaired) electrons. The predicted octanol–water partition coefficient (Wildman–Crippen LogP) is 2.11. The first-order valence-electron chi connectivity index (χ1n) is 7.23. The van der Waals surface area contributed by atoms with Crippen LogP contribution >= 0.6 is 0 Å². The summed E-state index contributed by atoms with van der Waals surface area (Å²) < 4.78 is 4.48. The number of hydrogen-bond donors (Lipinski definition) is 2. The van der Waals surface area contributed by atoms with E-state index in [1.165, 1.54) is 7.11 Å². The molecule has 0 spiro atoms.